The lowest BCUT2D eigenvalue weighted by atomic mass is 10.2. The van der Waals surface area contributed by atoms with Crippen LogP contribution in [0, 0.1) is 6.92 Å². The molecule has 0 spiro atoms. The molecule has 0 unspecified atom stereocenters. The summed E-state index contributed by atoms with van der Waals surface area (Å²) in [6.45, 7) is 2.32. The van der Waals surface area contributed by atoms with Gasteiger partial charge >= 0.3 is 0 Å². The molecule has 4 nitrogen and oxygen atoms in total. The minimum absolute atomic E-state index is 0.201. The number of nitrogens with zero attached hydrogens (tertiary/aromatic N) is 1. The maximum Gasteiger partial charge on any atom is 0.264 e. The molecule has 0 radical (unpaired) electrons. The zero-order valence-corrected chi connectivity index (χ0v) is 18.9. The molecule has 0 aromatic heterocycles. The molecule has 1 aliphatic heterocycles. The fraction of sp³-hybridized carbons (Fsp3) is 0.0833. The molecule has 0 aliphatic carbocycles. The first kappa shape index (κ1) is 21.5. The number of nitrogens with one attached hydrogen (secondary N) is 1. The summed E-state index contributed by atoms with van der Waals surface area (Å²) in [5, 5.41) is 4.59. The van der Waals surface area contributed by atoms with Crippen LogP contribution in [-0.2, 0) is 11.4 Å². The smallest absolute Gasteiger partial charge is 0.264 e. The molecule has 4 rings (SSSR count). The van der Waals surface area contributed by atoms with Crippen molar-refractivity contribution in [2.45, 2.75) is 13.5 Å². The Balaban J connectivity index is 1.54. The summed E-state index contributed by atoms with van der Waals surface area (Å²) in [6.07, 6.45) is 1.81. The Hall–Kier alpha value is -2.73. The van der Waals surface area contributed by atoms with Gasteiger partial charge < -0.3 is 10.1 Å². The molecule has 31 heavy (non-hydrogen) atoms. The third-order valence-corrected chi connectivity index (χ3v) is 5.91. The van der Waals surface area contributed by atoms with Crippen LogP contribution in [0.1, 0.15) is 16.7 Å². The lowest BCUT2D eigenvalue weighted by Crippen LogP contribution is -2.19. The lowest BCUT2D eigenvalue weighted by molar-refractivity contribution is -0.115. The van der Waals surface area contributed by atoms with Crippen molar-refractivity contribution < 1.29 is 9.53 Å². The fourth-order valence-corrected chi connectivity index (χ4v) is 4.16. The largest absolute Gasteiger partial charge is 0.488 e. The first-order chi connectivity index (χ1) is 15.0. The number of para-hydroxylation sites is 1. The van der Waals surface area contributed by atoms with E-state index in [0.29, 0.717) is 32.5 Å². The second-order valence-corrected chi connectivity index (χ2v) is 8.77. The van der Waals surface area contributed by atoms with E-state index in [2.05, 4.69) is 10.3 Å². The van der Waals surface area contributed by atoms with Crippen molar-refractivity contribution >= 4 is 57.8 Å². The fourth-order valence-electron chi connectivity index (χ4n) is 2.95. The Labute approximate surface area is 194 Å². The van der Waals surface area contributed by atoms with Crippen molar-refractivity contribution in [3.8, 4) is 5.75 Å². The number of ether oxygens (including phenoxy) is 1. The topological polar surface area (TPSA) is 50.7 Å². The summed E-state index contributed by atoms with van der Waals surface area (Å²) >= 11 is 13.4. The molecule has 3 aromatic carbocycles. The van der Waals surface area contributed by atoms with Gasteiger partial charge in [0.25, 0.3) is 5.91 Å². The van der Waals surface area contributed by atoms with E-state index in [1.54, 1.807) is 12.1 Å². The minimum atomic E-state index is -0.201. The normalized spacial score (nSPS) is 16.0. The quantitative estimate of drug-likeness (QED) is 0.420. The van der Waals surface area contributed by atoms with Gasteiger partial charge in [0.2, 0.25) is 0 Å². The average molecular weight is 469 g/mol. The van der Waals surface area contributed by atoms with Gasteiger partial charge in [-0.2, -0.15) is 0 Å². The Morgan fingerprint density at radius 2 is 1.84 bits per heavy atom. The first-order valence-electron chi connectivity index (χ1n) is 9.50. The molecule has 0 saturated carbocycles. The highest BCUT2D eigenvalue weighted by Crippen LogP contribution is 2.32. The van der Waals surface area contributed by atoms with Gasteiger partial charge in [-0.1, -0.05) is 59.6 Å². The minimum Gasteiger partial charge on any atom is -0.488 e. The van der Waals surface area contributed by atoms with Crippen LogP contribution in [0.3, 0.4) is 0 Å². The number of benzene rings is 3. The molecule has 1 saturated heterocycles. The SMILES string of the molecule is Cc1ccc(Cl)cc1N=C1NC(=O)/C(=C/c2ccccc2OCc2cccc(Cl)c2)S1. The predicted octanol–water partition coefficient (Wildman–Crippen LogP) is 6.77. The second kappa shape index (κ2) is 9.60. The van der Waals surface area contributed by atoms with Gasteiger partial charge in [-0.15, -0.1) is 0 Å². The third kappa shape index (κ3) is 5.50. The molecule has 3 aromatic rings. The maximum atomic E-state index is 12.5. The van der Waals surface area contributed by atoms with E-state index in [0.717, 1.165) is 22.4 Å². The van der Waals surface area contributed by atoms with Crippen LogP contribution in [0.5, 0.6) is 5.75 Å². The summed E-state index contributed by atoms with van der Waals surface area (Å²) < 4.78 is 5.99. The Bertz CT molecular complexity index is 1210. The monoisotopic (exact) mass is 468 g/mol. The molecule has 156 valence electrons. The van der Waals surface area contributed by atoms with Gasteiger partial charge in [0.15, 0.2) is 5.17 Å². The summed E-state index contributed by atoms with van der Waals surface area (Å²) in [7, 11) is 0. The number of thioether (sulfide) groups is 1. The molecule has 0 bridgehead atoms. The van der Waals surface area contributed by atoms with Gasteiger partial charge in [0, 0.05) is 15.6 Å². The van der Waals surface area contributed by atoms with Crippen molar-refractivity contribution in [1.29, 1.82) is 0 Å². The van der Waals surface area contributed by atoms with E-state index >= 15 is 0 Å². The number of carbonyl (C=O) groups is 1. The predicted molar refractivity (Wildman–Crippen MR) is 129 cm³/mol. The van der Waals surface area contributed by atoms with Crippen LogP contribution in [0.2, 0.25) is 10.0 Å². The average Bonchev–Trinajstić information content (AvgIpc) is 3.09. The highest BCUT2D eigenvalue weighted by Gasteiger charge is 2.24. The van der Waals surface area contributed by atoms with Gasteiger partial charge in [0.1, 0.15) is 12.4 Å². The summed E-state index contributed by atoms with van der Waals surface area (Å²) in [5.41, 5.74) is 3.47. The van der Waals surface area contributed by atoms with Crippen LogP contribution in [0.4, 0.5) is 5.69 Å². The van der Waals surface area contributed by atoms with Crippen LogP contribution in [0.25, 0.3) is 6.08 Å². The number of halogens is 2. The Kier molecular flexibility index (Phi) is 6.66. The van der Waals surface area contributed by atoms with E-state index in [-0.39, 0.29) is 5.91 Å². The number of aliphatic imine (C=N–C) groups is 1. The van der Waals surface area contributed by atoms with Crippen molar-refractivity contribution in [3.05, 3.63) is 98.4 Å². The molecule has 1 amide bonds. The highest BCUT2D eigenvalue weighted by atomic mass is 35.5. The molecule has 1 fully saturated rings. The molecular weight excluding hydrogens is 451 g/mol. The number of aryl methyl sites for hydroxylation is 1. The zero-order chi connectivity index (χ0) is 21.8. The maximum absolute atomic E-state index is 12.5. The Morgan fingerprint density at radius 1 is 1.03 bits per heavy atom. The number of rotatable bonds is 5. The molecule has 1 aliphatic rings. The number of carbonyl (C=O) groups excluding carboxylic acids is 1. The number of hydrogen-bond acceptors (Lipinski definition) is 4. The van der Waals surface area contributed by atoms with E-state index in [1.165, 1.54) is 11.8 Å². The van der Waals surface area contributed by atoms with E-state index < -0.39 is 0 Å². The van der Waals surface area contributed by atoms with Gasteiger partial charge in [-0.3, -0.25) is 4.79 Å². The van der Waals surface area contributed by atoms with E-state index in [9.17, 15) is 4.79 Å². The summed E-state index contributed by atoms with van der Waals surface area (Å²) in [5.74, 6) is 0.479. The number of amides is 1. The van der Waals surface area contributed by atoms with Gasteiger partial charge in [0.05, 0.1) is 10.6 Å². The summed E-state index contributed by atoms with van der Waals surface area (Å²) in [4.78, 5) is 17.6. The van der Waals surface area contributed by atoms with E-state index in [1.807, 2.05) is 67.6 Å². The molecule has 0 atom stereocenters. The van der Waals surface area contributed by atoms with Crippen molar-refractivity contribution in [1.82, 2.24) is 5.32 Å². The molecule has 7 heteroatoms. The molecule has 1 heterocycles. The van der Waals surface area contributed by atoms with Crippen molar-refractivity contribution in [2.75, 3.05) is 0 Å². The standard InChI is InChI=1S/C24H18Cl2N2O2S/c1-15-9-10-19(26)13-20(15)27-24-28-23(29)22(31-24)12-17-6-2-3-8-21(17)30-14-16-5-4-7-18(25)11-16/h2-13H,14H2,1H3,(H,27,28,29)/b22-12-. The Morgan fingerprint density at radius 3 is 2.68 bits per heavy atom. The van der Waals surface area contributed by atoms with Gasteiger partial charge in [-0.05, 0) is 66.2 Å². The molecular formula is C24H18Cl2N2O2S. The highest BCUT2D eigenvalue weighted by molar-refractivity contribution is 8.18. The lowest BCUT2D eigenvalue weighted by Gasteiger charge is -2.10. The number of hydrogen-bond donors (Lipinski definition) is 1. The van der Waals surface area contributed by atoms with Crippen LogP contribution >= 0.6 is 35.0 Å². The van der Waals surface area contributed by atoms with Crippen LogP contribution < -0.4 is 10.1 Å². The van der Waals surface area contributed by atoms with Crippen LogP contribution in [0.15, 0.2) is 76.6 Å². The molecule has 1 N–H and O–H groups in total. The van der Waals surface area contributed by atoms with Crippen LogP contribution in [-0.4, -0.2) is 11.1 Å². The first-order valence-corrected chi connectivity index (χ1v) is 11.1. The third-order valence-electron chi connectivity index (χ3n) is 4.53. The van der Waals surface area contributed by atoms with Crippen molar-refractivity contribution in [3.63, 3.8) is 0 Å². The van der Waals surface area contributed by atoms with Gasteiger partial charge in [-0.25, -0.2) is 4.99 Å². The van der Waals surface area contributed by atoms with E-state index in [4.69, 9.17) is 27.9 Å². The van der Waals surface area contributed by atoms with Crippen molar-refractivity contribution in [2.24, 2.45) is 4.99 Å². The number of amidine groups is 1. The summed E-state index contributed by atoms with van der Waals surface area (Å²) in [6, 6.07) is 20.6. The zero-order valence-electron chi connectivity index (χ0n) is 16.6. The second-order valence-electron chi connectivity index (χ2n) is 6.87.